The highest BCUT2D eigenvalue weighted by Crippen LogP contribution is 2.22. The smallest absolute Gasteiger partial charge is 0.234 e. The van der Waals surface area contributed by atoms with Crippen molar-refractivity contribution in [2.24, 2.45) is 5.92 Å². The highest BCUT2D eigenvalue weighted by atomic mass is 16.5. The fourth-order valence-electron chi connectivity index (χ4n) is 3.03. The molecule has 1 aromatic rings. The molecule has 0 unspecified atom stereocenters. The van der Waals surface area contributed by atoms with Crippen molar-refractivity contribution >= 4 is 11.8 Å². The van der Waals surface area contributed by atoms with E-state index in [9.17, 15) is 9.59 Å². The number of amides is 2. The maximum atomic E-state index is 12.1. The topological polar surface area (TPSA) is 70.7 Å². The molecule has 0 spiro atoms. The molecule has 1 aromatic carbocycles. The second-order valence-electron chi connectivity index (χ2n) is 6.37. The van der Waals surface area contributed by atoms with Gasteiger partial charge < -0.3 is 15.4 Å². The summed E-state index contributed by atoms with van der Waals surface area (Å²) in [5.41, 5.74) is 2.29. The summed E-state index contributed by atoms with van der Waals surface area (Å²) >= 11 is 0. The number of benzene rings is 1. The molecule has 2 N–H and O–H groups in total. The zero-order chi connectivity index (χ0) is 17.5. The number of methoxy groups -OCH3 is 1. The molecular weight excluding hydrogens is 306 g/mol. The van der Waals surface area contributed by atoms with Gasteiger partial charge in [-0.05, 0) is 12.5 Å². The van der Waals surface area contributed by atoms with Crippen LogP contribution in [-0.4, -0.2) is 56.6 Å². The van der Waals surface area contributed by atoms with Gasteiger partial charge >= 0.3 is 0 Å². The normalized spacial score (nSPS) is 20.8. The number of nitrogens with one attached hydrogen (secondary N) is 2. The lowest BCUT2D eigenvalue weighted by atomic mass is 10.0. The Balaban J connectivity index is 1.79. The number of likely N-dealkylation sites (tertiary alicyclic amines) is 1. The molecule has 2 amide bonds. The molecule has 6 heteroatoms. The third-order valence-corrected chi connectivity index (χ3v) is 4.46. The molecule has 1 aliphatic rings. The number of ether oxygens (including phenoxy) is 1. The fraction of sp³-hybridized carbons (Fsp3) is 0.556. The van der Waals surface area contributed by atoms with Gasteiger partial charge in [-0.2, -0.15) is 0 Å². The highest BCUT2D eigenvalue weighted by Gasteiger charge is 2.34. The van der Waals surface area contributed by atoms with Gasteiger partial charge in [0.25, 0.3) is 0 Å². The standard InChI is InChI=1S/C18H27N3O3/c1-13-4-6-14(7-5-13)9-20-18(23)12-21-10-15(8-17(22)19-2)16(11-21)24-3/h4-7,15-16H,8-12H2,1-3H3,(H,19,22)(H,20,23)/t15-,16-/m0/s1. The molecular formula is C18H27N3O3. The largest absolute Gasteiger partial charge is 0.380 e. The lowest BCUT2D eigenvalue weighted by molar-refractivity contribution is -0.122. The second-order valence-corrected chi connectivity index (χ2v) is 6.37. The minimum absolute atomic E-state index is 0.00715. The first-order valence-corrected chi connectivity index (χ1v) is 8.29. The van der Waals surface area contributed by atoms with E-state index in [0.717, 1.165) is 5.56 Å². The van der Waals surface area contributed by atoms with Crippen LogP contribution in [0.2, 0.25) is 0 Å². The van der Waals surface area contributed by atoms with Gasteiger partial charge in [0.2, 0.25) is 11.8 Å². The molecule has 2 atom stereocenters. The molecule has 0 radical (unpaired) electrons. The first kappa shape index (κ1) is 18.4. The van der Waals surface area contributed by atoms with E-state index < -0.39 is 0 Å². The second kappa shape index (κ2) is 8.80. The molecule has 2 rings (SSSR count). The average Bonchev–Trinajstić information content (AvgIpc) is 2.95. The molecule has 0 aliphatic carbocycles. The van der Waals surface area contributed by atoms with E-state index in [1.165, 1.54) is 5.56 Å². The molecule has 0 aromatic heterocycles. The summed E-state index contributed by atoms with van der Waals surface area (Å²) in [7, 11) is 3.29. The van der Waals surface area contributed by atoms with Crippen molar-refractivity contribution < 1.29 is 14.3 Å². The summed E-state index contributed by atoms with van der Waals surface area (Å²) in [5.74, 6) is 0.124. The lowest BCUT2D eigenvalue weighted by Crippen LogP contribution is -2.36. The van der Waals surface area contributed by atoms with E-state index in [-0.39, 0.29) is 23.8 Å². The number of aryl methyl sites for hydroxylation is 1. The van der Waals surface area contributed by atoms with Crippen molar-refractivity contribution in [1.29, 1.82) is 0 Å². The highest BCUT2D eigenvalue weighted by molar-refractivity contribution is 5.78. The summed E-state index contributed by atoms with van der Waals surface area (Å²) in [6.07, 6.45) is 0.420. The van der Waals surface area contributed by atoms with Gasteiger partial charge in [0.1, 0.15) is 0 Å². The lowest BCUT2D eigenvalue weighted by Gasteiger charge is -2.15. The maximum Gasteiger partial charge on any atom is 0.234 e. The van der Waals surface area contributed by atoms with Gasteiger partial charge in [0.15, 0.2) is 0 Å². The summed E-state index contributed by atoms with van der Waals surface area (Å²) in [6.45, 7) is 4.27. The van der Waals surface area contributed by atoms with Crippen molar-refractivity contribution in [3.05, 3.63) is 35.4 Å². The zero-order valence-electron chi connectivity index (χ0n) is 14.7. The summed E-state index contributed by atoms with van der Waals surface area (Å²) in [6, 6.07) is 8.11. The van der Waals surface area contributed by atoms with Crippen molar-refractivity contribution in [2.75, 3.05) is 33.8 Å². The van der Waals surface area contributed by atoms with E-state index in [4.69, 9.17) is 4.74 Å². The first-order valence-electron chi connectivity index (χ1n) is 8.29. The Morgan fingerprint density at radius 1 is 1.21 bits per heavy atom. The molecule has 1 saturated heterocycles. The number of carbonyl (C=O) groups is 2. The van der Waals surface area contributed by atoms with Crippen molar-refractivity contribution in [1.82, 2.24) is 15.5 Å². The Morgan fingerprint density at radius 3 is 2.54 bits per heavy atom. The zero-order valence-corrected chi connectivity index (χ0v) is 14.7. The Labute approximate surface area is 143 Å². The fourth-order valence-corrected chi connectivity index (χ4v) is 3.03. The summed E-state index contributed by atoms with van der Waals surface area (Å²) < 4.78 is 5.47. The van der Waals surface area contributed by atoms with Gasteiger partial charge in [0, 0.05) is 46.1 Å². The first-order chi connectivity index (χ1) is 11.5. The maximum absolute atomic E-state index is 12.1. The average molecular weight is 333 g/mol. The molecule has 6 nitrogen and oxygen atoms in total. The van der Waals surface area contributed by atoms with Crippen LogP contribution in [0, 0.1) is 12.8 Å². The van der Waals surface area contributed by atoms with Crippen LogP contribution in [-0.2, 0) is 20.9 Å². The van der Waals surface area contributed by atoms with Crippen molar-refractivity contribution in [3.63, 3.8) is 0 Å². The van der Waals surface area contributed by atoms with E-state index in [2.05, 4.69) is 10.6 Å². The Bertz CT molecular complexity index is 559. The van der Waals surface area contributed by atoms with Gasteiger partial charge in [-0.1, -0.05) is 29.8 Å². The molecule has 1 fully saturated rings. The summed E-state index contributed by atoms with van der Waals surface area (Å²) in [5, 5.41) is 5.59. The van der Waals surface area contributed by atoms with E-state index >= 15 is 0 Å². The quantitative estimate of drug-likeness (QED) is 0.770. The minimum Gasteiger partial charge on any atom is -0.380 e. The van der Waals surface area contributed by atoms with E-state index in [1.54, 1.807) is 14.2 Å². The van der Waals surface area contributed by atoms with Gasteiger partial charge in [-0.3, -0.25) is 14.5 Å². The molecule has 24 heavy (non-hydrogen) atoms. The number of carbonyl (C=O) groups excluding carboxylic acids is 2. The van der Waals surface area contributed by atoms with Crippen LogP contribution in [0.15, 0.2) is 24.3 Å². The molecule has 1 heterocycles. The molecule has 0 bridgehead atoms. The van der Waals surface area contributed by atoms with Crippen LogP contribution in [0.4, 0.5) is 0 Å². The van der Waals surface area contributed by atoms with Crippen LogP contribution >= 0.6 is 0 Å². The third-order valence-electron chi connectivity index (χ3n) is 4.46. The van der Waals surface area contributed by atoms with Crippen LogP contribution in [0.5, 0.6) is 0 Å². The number of hydrogen-bond donors (Lipinski definition) is 2. The van der Waals surface area contributed by atoms with Crippen LogP contribution in [0.3, 0.4) is 0 Å². The monoisotopic (exact) mass is 333 g/mol. The SMILES string of the molecule is CNC(=O)C[C@H]1CN(CC(=O)NCc2ccc(C)cc2)C[C@@H]1OC. The Hall–Kier alpha value is -1.92. The van der Waals surface area contributed by atoms with E-state index in [0.29, 0.717) is 32.6 Å². The van der Waals surface area contributed by atoms with Crippen LogP contribution in [0.25, 0.3) is 0 Å². The number of hydrogen-bond acceptors (Lipinski definition) is 4. The Morgan fingerprint density at radius 2 is 1.92 bits per heavy atom. The Kier molecular flexibility index (Phi) is 6.75. The molecule has 0 saturated carbocycles. The van der Waals surface area contributed by atoms with E-state index in [1.807, 2.05) is 36.1 Å². The minimum atomic E-state index is -0.00831. The van der Waals surface area contributed by atoms with Gasteiger partial charge in [0.05, 0.1) is 12.6 Å². The predicted octanol–water partition coefficient (Wildman–Crippen LogP) is 0.694. The van der Waals surface area contributed by atoms with Crippen molar-refractivity contribution in [3.8, 4) is 0 Å². The third kappa shape index (κ3) is 5.32. The van der Waals surface area contributed by atoms with Crippen molar-refractivity contribution in [2.45, 2.75) is 26.0 Å². The number of rotatable bonds is 7. The van der Waals surface area contributed by atoms with Crippen LogP contribution in [0.1, 0.15) is 17.5 Å². The number of nitrogens with zero attached hydrogens (tertiary/aromatic N) is 1. The van der Waals surface area contributed by atoms with Gasteiger partial charge in [-0.15, -0.1) is 0 Å². The van der Waals surface area contributed by atoms with Gasteiger partial charge in [-0.25, -0.2) is 0 Å². The molecule has 132 valence electrons. The molecule has 1 aliphatic heterocycles. The predicted molar refractivity (Wildman–Crippen MR) is 92.4 cm³/mol. The summed E-state index contributed by atoms with van der Waals surface area (Å²) in [4.78, 5) is 25.8. The van der Waals surface area contributed by atoms with Crippen LogP contribution < -0.4 is 10.6 Å².